The van der Waals surface area contributed by atoms with Crippen LogP contribution in [0.2, 0.25) is 0 Å². The van der Waals surface area contributed by atoms with E-state index in [0.717, 1.165) is 21.6 Å². The Balaban J connectivity index is 1.57. The normalized spacial score (nSPS) is 19.2. The highest BCUT2D eigenvalue weighted by atomic mass is 32.1. The number of para-hydroxylation sites is 1. The highest BCUT2D eigenvalue weighted by Crippen LogP contribution is 2.39. The number of fused-ring (bicyclic) bond motifs is 1. The number of carbonyl (C=O) groups is 1. The Morgan fingerprint density at radius 1 is 1.22 bits per heavy atom. The van der Waals surface area contributed by atoms with Gasteiger partial charge in [0.05, 0.1) is 28.3 Å². The van der Waals surface area contributed by atoms with Crippen molar-refractivity contribution in [3.05, 3.63) is 65.4 Å². The first kappa shape index (κ1) is 17.7. The first-order chi connectivity index (χ1) is 13.2. The van der Waals surface area contributed by atoms with Crippen LogP contribution in [0.25, 0.3) is 10.2 Å². The molecular formula is C21H19FN2O2S. The molecule has 2 unspecified atom stereocenters. The fourth-order valence-electron chi connectivity index (χ4n) is 3.40. The fourth-order valence-corrected chi connectivity index (χ4v) is 4.55. The molecule has 0 saturated carbocycles. The van der Waals surface area contributed by atoms with E-state index in [2.05, 4.69) is 11.4 Å². The third-order valence-corrected chi connectivity index (χ3v) is 5.98. The van der Waals surface area contributed by atoms with Gasteiger partial charge in [-0.3, -0.25) is 4.79 Å². The number of hydrogen-bond donors (Lipinski definition) is 1. The molecule has 27 heavy (non-hydrogen) atoms. The first-order valence-electron chi connectivity index (χ1n) is 8.80. The molecule has 2 aromatic carbocycles. The summed E-state index contributed by atoms with van der Waals surface area (Å²) in [6.45, 7) is 0. The summed E-state index contributed by atoms with van der Waals surface area (Å²) in [5.74, 6) is -0.674. The highest BCUT2D eigenvalue weighted by Gasteiger charge is 2.32. The lowest BCUT2D eigenvalue weighted by molar-refractivity contribution is -0.120. The molecule has 0 spiro atoms. The number of amides is 1. The Morgan fingerprint density at radius 2 is 2.04 bits per heavy atom. The summed E-state index contributed by atoms with van der Waals surface area (Å²) in [5, 5.41) is 3.82. The number of hydrogen-bond acceptors (Lipinski definition) is 4. The van der Waals surface area contributed by atoms with Gasteiger partial charge >= 0.3 is 0 Å². The predicted octanol–water partition coefficient (Wildman–Crippen LogP) is 5.13. The molecule has 4 nitrogen and oxygen atoms in total. The van der Waals surface area contributed by atoms with Gasteiger partial charge in [-0.2, -0.15) is 0 Å². The molecule has 138 valence electrons. The number of thiazole rings is 1. The average molecular weight is 382 g/mol. The van der Waals surface area contributed by atoms with E-state index in [1.807, 2.05) is 30.3 Å². The summed E-state index contributed by atoms with van der Waals surface area (Å²) in [7, 11) is 1.41. The average Bonchev–Trinajstić information content (AvgIpc) is 3.12. The van der Waals surface area contributed by atoms with Crippen molar-refractivity contribution in [3.63, 3.8) is 0 Å². The number of carbonyl (C=O) groups excluding carboxylic acids is 1. The van der Waals surface area contributed by atoms with Crippen LogP contribution < -0.4 is 10.1 Å². The van der Waals surface area contributed by atoms with E-state index < -0.39 is 5.82 Å². The molecule has 2 atom stereocenters. The number of nitrogens with one attached hydrogen (secondary N) is 1. The Bertz CT molecular complexity index is 981. The zero-order valence-corrected chi connectivity index (χ0v) is 15.6. The zero-order valence-electron chi connectivity index (χ0n) is 14.8. The summed E-state index contributed by atoms with van der Waals surface area (Å²) in [6.07, 6.45) is 5.55. The molecule has 1 amide bonds. The number of methoxy groups -OCH3 is 1. The van der Waals surface area contributed by atoms with E-state index in [-0.39, 0.29) is 23.5 Å². The standard InChI is InChI=1S/C21H19FN2O2S/c1-26-18-11-10-13(12-16(18)22)23-20(25)14-6-2-3-7-15(14)21-24-17-8-4-5-9-19(17)27-21/h2-5,8-12,14-15H,6-7H2,1H3,(H,23,25). The molecule has 0 radical (unpaired) electrons. The van der Waals surface area contributed by atoms with Crippen LogP contribution in [0, 0.1) is 11.7 Å². The molecule has 1 N–H and O–H groups in total. The predicted molar refractivity (Wildman–Crippen MR) is 106 cm³/mol. The molecule has 0 aliphatic heterocycles. The number of aromatic nitrogens is 1. The SMILES string of the molecule is COc1ccc(NC(=O)C2CC=CCC2c2nc3ccccc3s2)cc1F. The minimum absolute atomic E-state index is 0.0236. The van der Waals surface area contributed by atoms with E-state index in [9.17, 15) is 9.18 Å². The Labute approximate surface area is 160 Å². The van der Waals surface area contributed by atoms with Gasteiger partial charge in [0.1, 0.15) is 0 Å². The van der Waals surface area contributed by atoms with Gasteiger partial charge in [-0.05, 0) is 37.1 Å². The maximum absolute atomic E-state index is 13.9. The van der Waals surface area contributed by atoms with Gasteiger partial charge < -0.3 is 10.1 Å². The number of benzene rings is 2. The van der Waals surface area contributed by atoms with Gasteiger partial charge in [0.25, 0.3) is 0 Å². The number of allylic oxidation sites excluding steroid dienone is 2. The Kier molecular flexibility index (Phi) is 4.90. The van der Waals surface area contributed by atoms with Crippen LogP contribution in [0.5, 0.6) is 5.75 Å². The third kappa shape index (κ3) is 3.57. The molecular weight excluding hydrogens is 363 g/mol. The lowest BCUT2D eigenvalue weighted by atomic mass is 9.82. The highest BCUT2D eigenvalue weighted by molar-refractivity contribution is 7.18. The van der Waals surface area contributed by atoms with Crippen LogP contribution >= 0.6 is 11.3 Å². The van der Waals surface area contributed by atoms with Crippen molar-refractivity contribution < 1.29 is 13.9 Å². The lowest BCUT2D eigenvalue weighted by Crippen LogP contribution is -2.29. The molecule has 0 bridgehead atoms. The number of ether oxygens (including phenoxy) is 1. The summed E-state index contributed by atoms with van der Waals surface area (Å²) < 4.78 is 20.0. The fraction of sp³-hybridized carbons (Fsp3) is 0.238. The van der Waals surface area contributed by atoms with Gasteiger partial charge in [-0.15, -0.1) is 11.3 Å². The van der Waals surface area contributed by atoms with Gasteiger partial charge in [0.15, 0.2) is 11.6 Å². The minimum Gasteiger partial charge on any atom is -0.494 e. The summed E-state index contributed by atoms with van der Waals surface area (Å²) in [6, 6.07) is 12.4. The summed E-state index contributed by atoms with van der Waals surface area (Å²) in [4.78, 5) is 17.7. The van der Waals surface area contributed by atoms with Crippen molar-refractivity contribution in [2.24, 2.45) is 5.92 Å². The largest absolute Gasteiger partial charge is 0.494 e. The topological polar surface area (TPSA) is 51.2 Å². The summed E-state index contributed by atoms with van der Waals surface area (Å²) in [5.41, 5.74) is 1.39. The van der Waals surface area contributed by atoms with Crippen LogP contribution in [-0.4, -0.2) is 18.0 Å². The van der Waals surface area contributed by atoms with Crippen LogP contribution in [0.4, 0.5) is 10.1 Å². The van der Waals surface area contributed by atoms with Crippen LogP contribution in [0.15, 0.2) is 54.6 Å². The van der Waals surface area contributed by atoms with Crippen molar-refractivity contribution in [2.45, 2.75) is 18.8 Å². The minimum atomic E-state index is -0.499. The maximum atomic E-state index is 13.9. The first-order valence-corrected chi connectivity index (χ1v) is 9.62. The second-order valence-electron chi connectivity index (χ2n) is 6.51. The monoisotopic (exact) mass is 382 g/mol. The van der Waals surface area contributed by atoms with E-state index >= 15 is 0 Å². The maximum Gasteiger partial charge on any atom is 0.228 e. The molecule has 3 aromatic rings. The second kappa shape index (κ2) is 7.48. The molecule has 6 heteroatoms. The number of anilines is 1. The quantitative estimate of drug-likeness (QED) is 0.636. The van der Waals surface area contributed by atoms with Gasteiger partial charge in [0.2, 0.25) is 5.91 Å². The van der Waals surface area contributed by atoms with Crippen LogP contribution in [0.1, 0.15) is 23.8 Å². The molecule has 1 heterocycles. The molecule has 0 saturated heterocycles. The molecule has 0 fully saturated rings. The van der Waals surface area contributed by atoms with Crippen molar-refractivity contribution in [1.82, 2.24) is 4.98 Å². The van der Waals surface area contributed by atoms with Gasteiger partial charge in [-0.25, -0.2) is 9.37 Å². The number of nitrogens with zero attached hydrogens (tertiary/aromatic N) is 1. The van der Waals surface area contributed by atoms with E-state index in [4.69, 9.17) is 9.72 Å². The number of rotatable bonds is 4. The van der Waals surface area contributed by atoms with Crippen molar-refractivity contribution in [2.75, 3.05) is 12.4 Å². The smallest absolute Gasteiger partial charge is 0.228 e. The zero-order chi connectivity index (χ0) is 18.8. The van der Waals surface area contributed by atoms with E-state index in [0.29, 0.717) is 12.1 Å². The van der Waals surface area contributed by atoms with Gasteiger partial charge in [0, 0.05) is 17.7 Å². The molecule has 4 rings (SSSR count). The van der Waals surface area contributed by atoms with E-state index in [1.165, 1.54) is 19.2 Å². The summed E-state index contributed by atoms with van der Waals surface area (Å²) >= 11 is 1.64. The third-order valence-electron chi connectivity index (χ3n) is 4.82. The second-order valence-corrected chi connectivity index (χ2v) is 7.58. The lowest BCUT2D eigenvalue weighted by Gasteiger charge is -2.26. The van der Waals surface area contributed by atoms with Crippen LogP contribution in [0.3, 0.4) is 0 Å². The van der Waals surface area contributed by atoms with Crippen molar-refractivity contribution in [1.29, 1.82) is 0 Å². The molecule has 1 aromatic heterocycles. The van der Waals surface area contributed by atoms with E-state index in [1.54, 1.807) is 17.4 Å². The Morgan fingerprint density at radius 3 is 2.81 bits per heavy atom. The van der Waals surface area contributed by atoms with Gasteiger partial charge in [-0.1, -0.05) is 24.3 Å². The number of halogens is 1. The van der Waals surface area contributed by atoms with Crippen LogP contribution in [-0.2, 0) is 4.79 Å². The van der Waals surface area contributed by atoms with Crippen molar-refractivity contribution in [3.8, 4) is 5.75 Å². The molecule has 1 aliphatic rings. The molecule has 1 aliphatic carbocycles. The van der Waals surface area contributed by atoms with Crippen molar-refractivity contribution >= 4 is 33.1 Å². The Hall–Kier alpha value is -2.73.